The zero-order chi connectivity index (χ0) is 11.8. The van der Waals surface area contributed by atoms with Crippen molar-refractivity contribution >= 4 is 19.7 Å². The Balaban J connectivity index is 3.33. The molecule has 0 saturated carbocycles. The highest BCUT2D eigenvalue weighted by Crippen LogP contribution is 2.28. The molecule has 0 atom stereocenters. The van der Waals surface area contributed by atoms with E-state index in [1.165, 1.54) is 0 Å². The van der Waals surface area contributed by atoms with E-state index in [-0.39, 0.29) is 11.5 Å². The van der Waals surface area contributed by atoms with Crippen molar-refractivity contribution in [2.45, 2.75) is 26.5 Å². The Kier molecular flexibility index (Phi) is 3.31. The first-order valence-corrected chi connectivity index (χ1v) is 6.91. The minimum Gasteiger partial charge on any atom is -0.507 e. The first-order valence-electron chi connectivity index (χ1n) is 4.43. The van der Waals surface area contributed by atoms with Gasteiger partial charge in [0.05, 0.1) is 5.75 Å². The van der Waals surface area contributed by atoms with Gasteiger partial charge in [0.15, 0.2) is 0 Å². The van der Waals surface area contributed by atoms with Crippen LogP contribution in [0.25, 0.3) is 0 Å². The van der Waals surface area contributed by atoms with Crippen molar-refractivity contribution in [3.8, 4) is 5.75 Å². The Morgan fingerprint density at radius 1 is 1.27 bits per heavy atom. The van der Waals surface area contributed by atoms with E-state index >= 15 is 0 Å². The quantitative estimate of drug-likeness (QED) is 0.818. The van der Waals surface area contributed by atoms with Gasteiger partial charge in [-0.15, -0.1) is 0 Å². The summed E-state index contributed by atoms with van der Waals surface area (Å²) in [5.41, 5.74) is 2.76. The van der Waals surface area contributed by atoms with Crippen molar-refractivity contribution in [2.75, 3.05) is 0 Å². The summed E-state index contributed by atoms with van der Waals surface area (Å²) in [6.07, 6.45) is 0. The van der Waals surface area contributed by atoms with Gasteiger partial charge >= 0.3 is 0 Å². The summed E-state index contributed by atoms with van der Waals surface area (Å²) in [5.74, 6) is 0.00531. The molecule has 1 aromatic carbocycles. The monoisotopic (exact) mass is 248 g/mol. The molecule has 0 fully saturated rings. The topological polar surface area (TPSA) is 54.4 Å². The molecule has 0 heterocycles. The van der Waals surface area contributed by atoms with E-state index in [1.807, 2.05) is 0 Å². The van der Waals surface area contributed by atoms with E-state index in [1.54, 1.807) is 26.8 Å². The molecule has 0 aliphatic rings. The van der Waals surface area contributed by atoms with Crippen LogP contribution in [0.15, 0.2) is 6.07 Å². The molecule has 0 aliphatic heterocycles. The fraction of sp³-hybridized carbons (Fsp3) is 0.400. The molecule has 0 bridgehead atoms. The smallest absolute Gasteiger partial charge is 0.236 e. The molecule has 0 spiro atoms. The van der Waals surface area contributed by atoms with Gasteiger partial charge < -0.3 is 5.11 Å². The number of halogens is 1. The Hall–Kier alpha value is -0.740. The SMILES string of the molecule is Cc1cc(CS(=O)(=O)Cl)c(C)c(C)c1O. The van der Waals surface area contributed by atoms with Crippen molar-refractivity contribution in [3.63, 3.8) is 0 Å². The fourth-order valence-corrected chi connectivity index (χ4v) is 2.51. The number of hydrogen-bond donors (Lipinski definition) is 1. The van der Waals surface area contributed by atoms with Crippen LogP contribution in [0.2, 0.25) is 0 Å². The van der Waals surface area contributed by atoms with Crippen LogP contribution in [-0.2, 0) is 14.8 Å². The Morgan fingerprint density at radius 3 is 2.27 bits per heavy atom. The number of aryl methyl sites for hydroxylation is 1. The Labute approximate surface area is 94.1 Å². The van der Waals surface area contributed by atoms with Gasteiger partial charge in [-0.1, -0.05) is 6.07 Å². The van der Waals surface area contributed by atoms with Gasteiger partial charge in [-0.05, 0) is 43.0 Å². The van der Waals surface area contributed by atoms with Gasteiger partial charge in [0.2, 0.25) is 9.05 Å². The molecular formula is C10H13ClO3S. The lowest BCUT2D eigenvalue weighted by Crippen LogP contribution is -2.00. The summed E-state index contributed by atoms with van der Waals surface area (Å²) >= 11 is 0. The minimum atomic E-state index is -3.56. The number of phenolic OH excluding ortho intramolecular Hbond substituents is 1. The lowest BCUT2D eigenvalue weighted by Gasteiger charge is -2.11. The van der Waals surface area contributed by atoms with Gasteiger partial charge in [0.1, 0.15) is 5.75 Å². The molecular weight excluding hydrogens is 236 g/mol. The van der Waals surface area contributed by atoms with Crippen LogP contribution in [0, 0.1) is 20.8 Å². The molecule has 5 heteroatoms. The molecule has 1 aromatic rings. The molecule has 15 heavy (non-hydrogen) atoms. The van der Waals surface area contributed by atoms with E-state index < -0.39 is 9.05 Å². The van der Waals surface area contributed by atoms with Crippen molar-refractivity contribution in [2.24, 2.45) is 0 Å². The summed E-state index contributed by atoms with van der Waals surface area (Å²) in [5, 5.41) is 9.63. The summed E-state index contributed by atoms with van der Waals surface area (Å²) in [4.78, 5) is 0. The molecule has 0 radical (unpaired) electrons. The number of benzene rings is 1. The van der Waals surface area contributed by atoms with Crippen molar-refractivity contribution < 1.29 is 13.5 Å². The standard InChI is InChI=1S/C10H13ClO3S/c1-6-4-9(5-15(11,13)14)7(2)8(3)10(6)12/h4,12H,5H2,1-3H3. The van der Waals surface area contributed by atoms with Crippen LogP contribution < -0.4 is 0 Å². The minimum absolute atomic E-state index is 0.206. The van der Waals surface area contributed by atoms with Crippen LogP contribution in [0.5, 0.6) is 5.75 Å². The van der Waals surface area contributed by atoms with E-state index in [9.17, 15) is 13.5 Å². The van der Waals surface area contributed by atoms with Crippen molar-refractivity contribution in [1.29, 1.82) is 0 Å². The van der Waals surface area contributed by atoms with E-state index in [2.05, 4.69) is 0 Å². The average Bonchev–Trinajstić information content (AvgIpc) is 2.08. The average molecular weight is 249 g/mol. The molecule has 1 rings (SSSR count). The third-order valence-electron chi connectivity index (χ3n) is 2.49. The molecule has 0 amide bonds. The molecule has 0 saturated heterocycles. The third-order valence-corrected chi connectivity index (χ3v) is 3.47. The fourth-order valence-electron chi connectivity index (χ4n) is 1.49. The summed E-state index contributed by atoms with van der Waals surface area (Å²) < 4.78 is 21.9. The van der Waals surface area contributed by atoms with Gasteiger partial charge in [0.25, 0.3) is 0 Å². The highest BCUT2D eigenvalue weighted by Gasteiger charge is 2.14. The van der Waals surface area contributed by atoms with Crippen molar-refractivity contribution in [1.82, 2.24) is 0 Å². The van der Waals surface area contributed by atoms with Gasteiger partial charge in [-0.3, -0.25) is 0 Å². The zero-order valence-electron chi connectivity index (χ0n) is 8.83. The Morgan fingerprint density at radius 2 is 1.80 bits per heavy atom. The lowest BCUT2D eigenvalue weighted by molar-refractivity contribution is 0.466. The van der Waals surface area contributed by atoms with Crippen LogP contribution in [0.3, 0.4) is 0 Å². The summed E-state index contributed by atoms with van der Waals surface area (Å²) in [6.45, 7) is 5.25. The highest BCUT2D eigenvalue weighted by atomic mass is 35.7. The first kappa shape index (κ1) is 12.3. The largest absolute Gasteiger partial charge is 0.507 e. The van der Waals surface area contributed by atoms with E-state index in [0.29, 0.717) is 16.7 Å². The summed E-state index contributed by atoms with van der Waals surface area (Å²) in [7, 11) is 1.64. The van der Waals surface area contributed by atoms with Gasteiger partial charge in [-0.25, -0.2) is 8.42 Å². The first-order chi connectivity index (χ1) is 6.72. The maximum Gasteiger partial charge on any atom is 0.236 e. The molecule has 1 N–H and O–H groups in total. The van der Waals surface area contributed by atoms with Gasteiger partial charge in [0, 0.05) is 10.7 Å². The number of phenols is 1. The van der Waals surface area contributed by atoms with Crippen LogP contribution in [-0.4, -0.2) is 13.5 Å². The molecule has 0 unspecified atom stereocenters. The second kappa shape index (κ2) is 4.02. The van der Waals surface area contributed by atoms with E-state index in [4.69, 9.17) is 10.7 Å². The van der Waals surface area contributed by atoms with E-state index in [0.717, 1.165) is 5.56 Å². The Bertz CT molecular complexity index is 492. The van der Waals surface area contributed by atoms with Crippen molar-refractivity contribution in [3.05, 3.63) is 28.3 Å². The maximum absolute atomic E-state index is 11.0. The predicted octanol–water partition coefficient (Wildman–Crippen LogP) is 2.39. The number of rotatable bonds is 2. The van der Waals surface area contributed by atoms with Crippen LogP contribution in [0.1, 0.15) is 22.3 Å². The number of hydrogen-bond acceptors (Lipinski definition) is 3. The highest BCUT2D eigenvalue weighted by molar-refractivity contribution is 8.13. The maximum atomic E-state index is 11.0. The number of aromatic hydroxyl groups is 1. The molecule has 0 aliphatic carbocycles. The molecule has 3 nitrogen and oxygen atoms in total. The van der Waals surface area contributed by atoms with Crippen LogP contribution >= 0.6 is 10.7 Å². The summed E-state index contributed by atoms with van der Waals surface area (Å²) in [6, 6.07) is 1.65. The third kappa shape index (κ3) is 2.86. The van der Waals surface area contributed by atoms with Gasteiger partial charge in [-0.2, -0.15) is 0 Å². The predicted molar refractivity (Wildman–Crippen MR) is 60.8 cm³/mol. The second-order valence-corrected chi connectivity index (χ2v) is 6.41. The van der Waals surface area contributed by atoms with Crippen LogP contribution in [0.4, 0.5) is 0 Å². The molecule has 0 aromatic heterocycles. The normalized spacial score (nSPS) is 11.7. The lowest BCUT2D eigenvalue weighted by atomic mass is 10.00. The zero-order valence-corrected chi connectivity index (χ0v) is 10.4. The molecule has 84 valence electrons. The second-order valence-electron chi connectivity index (χ2n) is 3.63.